The second-order valence-electron chi connectivity index (χ2n) is 5.77. The van der Waals surface area contributed by atoms with E-state index in [4.69, 9.17) is 32.7 Å². The number of aryl methyl sites for hydroxylation is 1. The number of rotatable bonds is 6. The van der Waals surface area contributed by atoms with Crippen LogP contribution in [0.25, 0.3) is 0 Å². The molecule has 0 aliphatic rings. The standard InChI is InChI=1S/C19H19Cl2NO4/c1-11-4-7-15(8-5-11)22-18(23)12(2)26-19(24)13(3)25-17-9-6-14(20)10-16(17)21/h4-10,12-13H,1-3H3,(H,22,23)/t12-,13-/m0/s1. The number of ether oxygens (including phenoxy) is 2. The van der Waals surface area contributed by atoms with E-state index in [9.17, 15) is 9.59 Å². The molecule has 7 heteroatoms. The lowest BCUT2D eigenvalue weighted by molar-refractivity contribution is -0.159. The molecule has 0 bridgehead atoms. The van der Waals surface area contributed by atoms with Crippen molar-refractivity contribution in [2.45, 2.75) is 33.0 Å². The maximum atomic E-state index is 12.1. The monoisotopic (exact) mass is 395 g/mol. The minimum absolute atomic E-state index is 0.280. The molecule has 2 atom stereocenters. The third-order valence-electron chi connectivity index (χ3n) is 3.51. The minimum Gasteiger partial charge on any atom is -0.477 e. The number of carbonyl (C=O) groups excluding carboxylic acids is 2. The van der Waals surface area contributed by atoms with Gasteiger partial charge in [-0.2, -0.15) is 0 Å². The lowest BCUT2D eigenvalue weighted by atomic mass is 10.2. The molecular weight excluding hydrogens is 377 g/mol. The lowest BCUT2D eigenvalue weighted by Gasteiger charge is -2.18. The molecule has 0 saturated heterocycles. The Hall–Kier alpha value is -2.24. The molecule has 0 unspecified atom stereocenters. The number of esters is 1. The van der Waals surface area contributed by atoms with Gasteiger partial charge in [0.05, 0.1) is 5.02 Å². The van der Waals surface area contributed by atoms with Gasteiger partial charge in [-0.3, -0.25) is 4.79 Å². The highest BCUT2D eigenvalue weighted by atomic mass is 35.5. The summed E-state index contributed by atoms with van der Waals surface area (Å²) in [5, 5.41) is 3.42. The predicted octanol–water partition coefficient (Wildman–Crippen LogP) is 4.64. The van der Waals surface area contributed by atoms with E-state index in [0.717, 1.165) is 5.56 Å². The summed E-state index contributed by atoms with van der Waals surface area (Å²) in [6.45, 7) is 4.95. The van der Waals surface area contributed by atoms with Gasteiger partial charge in [0.25, 0.3) is 5.91 Å². The van der Waals surface area contributed by atoms with E-state index in [1.54, 1.807) is 24.3 Å². The topological polar surface area (TPSA) is 64.6 Å². The molecule has 0 spiro atoms. The highest BCUT2D eigenvalue weighted by Crippen LogP contribution is 2.28. The van der Waals surface area contributed by atoms with Gasteiger partial charge in [0.2, 0.25) is 0 Å². The van der Waals surface area contributed by atoms with Gasteiger partial charge in [0, 0.05) is 10.7 Å². The second-order valence-corrected chi connectivity index (χ2v) is 6.61. The smallest absolute Gasteiger partial charge is 0.347 e. The highest BCUT2D eigenvalue weighted by molar-refractivity contribution is 6.35. The van der Waals surface area contributed by atoms with Crippen LogP contribution >= 0.6 is 23.2 Å². The van der Waals surface area contributed by atoms with Gasteiger partial charge >= 0.3 is 5.97 Å². The number of hydrogen-bond acceptors (Lipinski definition) is 4. The van der Waals surface area contributed by atoms with E-state index in [1.165, 1.54) is 19.9 Å². The van der Waals surface area contributed by atoms with Crippen LogP contribution in [0.5, 0.6) is 5.75 Å². The summed E-state index contributed by atoms with van der Waals surface area (Å²) >= 11 is 11.8. The van der Waals surface area contributed by atoms with Crippen molar-refractivity contribution in [3.05, 3.63) is 58.1 Å². The largest absolute Gasteiger partial charge is 0.477 e. The van der Waals surface area contributed by atoms with Crippen LogP contribution in [-0.4, -0.2) is 24.1 Å². The molecule has 0 radical (unpaired) electrons. The third-order valence-corrected chi connectivity index (χ3v) is 4.04. The molecule has 0 aliphatic heterocycles. The first-order chi connectivity index (χ1) is 12.3. The number of hydrogen-bond donors (Lipinski definition) is 1. The van der Waals surface area contributed by atoms with Crippen molar-refractivity contribution in [3.63, 3.8) is 0 Å². The van der Waals surface area contributed by atoms with Gasteiger partial charge in [-0.05, 0) is 51.1 Å². The molecule has 0 saturated carbocycles. The fourth-order valence-corrected chi connectivity index (χ4v) is 2.47. The van der Waals surface area contributed by atoms with Crippen LogP contribution in [0, 0.1) is 6.92 Å². The van der Waals surface area contributed by atoms with E-state index in [2.05, 4.69) is 5.32 Å². The molecule has 0 fully saturated rings. The number of anilines is 1. The molecule has 26 heavy (non-hydrogen) atoms. The maximum Gasteiger partial charge on any atom is 0.347 e. The van der Waals surface area contributed by atoms with Crippen LogP contribution in [0.4, 0.5) is 5.69 Å². The van der Waals surface area contributed by atoms with Gasteiger partial charge < -0.3 is 14.8 Å². The van der Waals surface area contributed by atoms with Crippen LogP contribution in [-0.2, 0) is 14.3 Å². The van der Waals surface area contributed by atoms with E-state index in [-0.39, 0.29) is 5.02 Å². The van der Waals surface area contributed by atoms with E-state index >= 15 is 0 Å². The second kappa shape index (κ2) is 8.92. The number of benzene rings is 2. The summed E-state index contributed by atoms with van der Waals surface area (Å²) < 4.78 is 10.6. The minimum atomic E-state index is -0.976. The van der Waals surface area contributed by atoms with E-state index in [1.807, 2.05) is 19.1 Å². The summed E-state index contributed by atoms with van der Waals surface area (Å²) in [7, 11) is 0. The van der Waals surface area contributed by atoms with E-state index in [0.29, 0.717) is 16.5 Å². The molecular formula is C19H19Cl2NO4. The Morgan fingerprint density at radius 3 is 2.27 bits per heavy atom. The molecule has 1 amide bonds. The van der Waals surface area contributed by atoms with Crippen LogP contribution in [0.3, 0.4) is 0 Å². The molecule has 138 valence electrons. The SMILES string of the molecule is Cc1ccc(NC(=O)[C@H](C)OC(=O)[C@H](C)Oc2ccc(Cl)cc2Cl)cc1. The normalized spacial score (nSPS) is 12.8. The Balaban J connectivity index is 1.90. The Kier molecular flexibility index (Phi) is 6.89. The Bertz CT molecular complexity index is 793. The number of nitrogens with one attached hydrogen (secondary N) is 1. The lowest BCUT2D eigenvalue weighted by Crippen LogP contribution is -2.35. The first-order valence-electron chi connectivity index (χ1n) is 7.96. The number of amides is 1. The van der Waals surface area contributed by atoms with Gasteiger partial charge in [-0.15, -0.1) is 0 Å². The Morgan fingerprint density at radius 2 is 1.65 bits per heavy atom. The number of halogens is 2. The van der Waals surface area contributed by atoms with Crippen LogP contribution in [0.1, 0.15) is 19.4 Å². The van der Waals surface area contributed by atoms with Crippen LogP contribution in [0.2, 0.25) is 10.0 Å². The fourth-order valence-electron chi connectivity index (χ4n) is 2.01. The third kappa shape index (κ3) is 5.64. The van der Waals surface area contributed by atoms with Gasteiger partial charge in [0.15, 0.2) is 12.2 Å². The first kappa shape index (κ1) is 20.1. The van der Waals surface area contributed by atoms with Crippen molar-refractivity contribution in [1.29, 1.82) is 0 Å². The predicted molar refractivity (Wildman–Crippen MR) is 102 cm³/mol. The van der Waals surface area contributed by atoms with Crippen LogP contribution in [0.15, 0.2) is 42.5 Å². The van der Waals surface area contributed by atoms with Gasteiger partial charge in [0.1, 0.15) is 5.75 Å². The van der Waals surface area contributed by atoms with Gasteiger partial charge in [-0.25, -0.2) is 4.79 Å². The first-order valence-corrected chi connectivity index (χ1v) is 8.71. The molecule has 2 aromatic rings. The zero-order valence-electron chi connectivity index (χ0n) is 14.6. The summed E-state index contributed by atoms with van der Waals surface area (Å²) in [4.78, 5) is 24.3. The molecule has 0 aliphatic carbocycles. The zero-order chi connectivity index (χ0) is 19.3. The van der Waals surface area contributed by atoms with Crippen molar-refractivity contribution in [3.8, 4) is 5.75 Å². The van der Waals surface area contributed by atoms with Crippen molar-refractivity contribution in [1.82, 2.24) is 0 Å². The summed E-state index contributed by atoms with van der Waals surface area (Å²) in [6, 6.07) is 12.0. The summed E-state index contributed by atoms with van der Waals surface area (Å²) in [5.74, 6) is -0.807. The Morgan fingerprint density at radius 1 is 1.00 bits per heavy atom. The molecule has 2 aromatic carbocycles. The molecule has 0 aromatic heterocycles. The van der Waals surface area contributed by atoms with Gasteiger partial charge in [-0.1, -0.05) is 40.9 Å². The summed E-state index contributed by atoms with van der Waals surface area (Å²) in [5.41, 5.74) is 1.70. The molecule has 0 heterocycles. The van der Waals surface area contributed by atoms with Crippen molar-refractivity contribution in [2.75, 3.05) is 5.32 Å². The van der Waals surface area contributed by atoms with Crippen molar-refractivity contribution >= 4 is 40.8 Å². The quantitative estimate of drug-likeness (QED) is 0.723. The molecule has 2 rings (SSSR count). The number of carbonyl (C=O) groups is 2. The highest BCUT2D eigenvalue weighted by Gasteiger charge is 2.24. The average Bonchev–Trinajstić information content (AvgIpc) is 2.59. The van der Waals surface area contributed by atoms with Crippen molar-refractivity contribution in [2.24, 2.45) is 0 Å². The van der Waals surface area contributed by atoms with E-state index < -0.39 is 24.1 Å². The zero-order valence-corrected chi connectivity index (χ0v) is 16.1. The fraction of sp³-hybridized carbons (Fsp3) is 0.263. The van der Waals surface area contributed by atoms with Crippen molar-refractivity contribution < 1.29 is 19.1 Å². The average molecular weight is 396 g/mol. The Labute approximate surface area is 162 Å². The maximum absolute atomic E-state index is 12.1. The van der Waals surface area contributed by atoms with Crippen LogP contribution < -0.4 is 10.1 Å². The summed E-state index contributed by atoms with van der Waals surface area (Å²) in [6.07, 6.45) is -1.92. The molecule has 5 nitrogen and oxygen atoms in total. The molecule has 1 N–H and O–H groups in total.